The first-order valence-electron chi connectivity index (χ1n) is 9.81. The first kappa shape index (κ1) is 19.6. The van der Waals surface area contributed by atoms with E-state index in [0.717, 1.165) is 16.8 Å². The van der Waals surface area contributed by atoms with Crippen LogP contribution in [-0.2, 0) is 9.59 Å². The van der Waals surface area contributed by atoms with Crippen molar-refractivity contribution in [1.82, 2.24) is 15.0 Å². The predicted octanol–water partition coefficient (Wildman–Crippen LogP) is 3.14. The van der Waals surface area contributed by atoms with Crippen molar-refractivity contribution in [3.05, 3.63) is 48.7 Å². The van der Waals surface area contributed by atoms with Gasteiger partial charge in [0, 0.05) is 36.0 Å². The maximum absolute atomic E-state index is 12.6. The third-order valence-electron chi connectivity index (χ3n) is 5.42. The molecule has 30 heavy (non-hydrogen) atoms. The van der Waals surface area contributed by atoms with E-state index in [9.17, 15) is 9.59 Å². The minimum atomic E-state index is -0.113. The summed E-state index contributed by atoms with van der Waals surface area (Å²) in [6.45, 7) is 6.53. The number of hydrogen-bond acceptors (Lipinski definition) is 6. The highest BCUT2D eigenvalue weighted by molar-refractivity contribution is 5.99. The van der Waals surface area contributed by atoms with Gasteiger partial charge in [-0.2, -0.15) is 0 Å². The molecule has 1 aliphatic heterocycles. The van der Waals surface area contributed by atoms with Gasteiger partial charge in [0.25, 0.3) is 0 Å². The number of hydrogen-bond donors (Lipinski definition) is 2. The van der Waals surface area contributed by atoms with Gasteiger partial charge in [-0.15, -0.1) is 0 Å². The van der Waals surface area contributed by atoms with Crippen molar-refractivity contribution in [3.8, 4) is 11.1 Å². The van der Waals surface area contributed by atoms with Gasteiger partial charge in [0.05, 0.1) is 5.39 Å². The van der Waals surface area contributed by atoms with Gasteiger partial charge in [-0.05, 0) is 49.6 Å². The van der Waals surface area contributed by atoms with Gasteiger partial charge in [-0.1, -0.05) is 23.9 Å². The molecule has 0 aliphatic carbocycles. The monoisotopic (exact) mass is 405 g/mol. The fourth-order valence-electron chi connectivity index (χ4n) is 3.80. The predicted molar refractivity (Wildman–Crippen MR) is 115 cm³/mol. The lowest BCUT2D eigenvalue weighted by Crippen LogP contribution is -2.40. The number of pyridine rings is 1. The zero-order chi connectivity index (χ0) is 21.3. The molecular formula is C22H23N5O3. The number of benzene rings is 1. The Balaban J connectivity index is 1.46. The Morgan fingerprint density at radius 2 is 1.97 bits per heavy atom. The highest BCUT2D eigenvalue weighted by Gasteiger charge is 2.26. The molecule has 1 aliphatic rings. The molecule has 3 N–H and O–H groups in total. The van der Waals surface area contributed by atoms with E-state index in [1.807, 2.05) is 37.3 Å². The number of fused-ring (bicyclic) bond motifs is 1. The summed E-state index contributed by atoms with van der Waals surface area (Å²) < 4.78 is 5.08. The van der Waals surface area contributed by atoms with Crippen LogP contribution in [0.2, 0.25) is 0 Å². The number of rotatable bonds is 4. The second-order valence-electron chi connectivity index (χ2n) is 7.43. The van der Waals surface area contributed by atoms with E-state index in [-0.39, 0.29) is 23.6 Å². The SMILES string of the molecule is C=CC(=O)N1CCC(C(=O)Nc2ccc(-c3cc(C)nc4noc(N)c34)cc2)CC1. The third kappa shape index (κ3) is 3.76. The molecular weight excluding hydrogens is 382 g/mol. The standard InChI is InChI=1S/C22H23N5O3/c1-3-18(28)27-10-8-15(9-11-27)22(29)25-16-6-4-14(5-7-16)17-12-13(2)24-21-19(17)20(23)30-26-21/h3-7,12,15H,1,8-11,23H2,2H3,(H,25,29). The van der Waals surface area contributed by atoms with E-state index in [0.29, 0.717) is 42.7 Å². The molecule has 1 aromatic carbocycles. The number of amides is 2. The van der Waals surface area contributed by atoms with Crippen molar-refractivity contribution in [3.63, 3.8) is 0 Å². The Morgan fingerprint density at radius 1 is 1.27 bits per heavy atom. The highest BCUT2D eigenvalue weighted by Crippen LogP contribution is 2.33. The number of piperidine rings is 1. The lowest BCUT2D eigenvalue weighted by Gasteiger charge is -2.30. The number of nitrogens with one attached hydrogen (secondary N) is 1. The van der Waals surface area contributed by atoms with Crippen molar-refractivity contribution < 1.29 is 14.1 Å². The number of nitrogens with zero attached hydrogens (tertiary/aromatic N) is 3. The molecule has 8 heteroatoms. The van der Waals surface area contributed by atoms with E-state index in [4.69, 9.17) is 10.3 Å². The van der Waals surface area contributed by atoms with Crippen LogP contribution < -0.4 is 11.1 Å². The molecule has 0 unspecified atom stereocenters. The van der Waals surface area contributed by atoms with E-state index in [2.05, 4.69) is 22.0 Å². The summed E-state index contributed by atoms with van der Waals surface area (Å²) in [5.41, 5.74) is 9.73. The summed E-state index contributed by atoms with van der Waals surface area (Å²) in [6, 6.07) is 9.48. The number of likely N-dealkylation sites (tertiary alicyclic amines) is 1. The third-order valence-corrected chi connectivity index (χ3v) is 5.42. The number of nitrogen functional groups attached to an aromatic ring is 1. The molecule has 0 saturated carbocycles. The summed E-state index contributed by atoms with van der Waals surface area (Å²) in [6.07, 6.45) is 2.60. The van der Waals surface area contributed by atoms with E-state index < -0.39 is 0 Å². The summed E-state index contributed by atoms with van der Waals surface area (Å²) in [4.78, 5) is 30.4. The number of anilines is 2. The van der Waals surface area contributed by atoms with Crippen molar-refractivity contribution in [2.45, 2.75) is 19.8 Å². The lowest BCUT2D eigenvalue weighted by atomic mass is 9.95. The van der Waals surface area contributed by atoms with Crippen molar-refractivity contribution in [1.29, 1.82) is 0 Å². The molecule has 0 atom stereocenters. The van der Waals surface area contributed by atoms with Gasteiger partial charge in [-0.3, -0.25) is 9.59 Å². The largest absolute Gasteiger partial charge is 0.367 e. The average molecular weight is 405 g/mol. The van der Waals surface area contributed by atoms with Crippen LogP contribution in [0.4, 0.5) is 11.6 Å². The van der Waals surface area contributed by atoms with Gasteiger partial charge in [0.2, 0.25) is 23.3 Å². The van der Waals surface area contributed by atoms with Crippen LogP contribution in [0.3, 0.4) is 0 Å². The molecule has 8 nitrogen and oxygen atoms in total. The molecule has 0 spiro atoms. The van der Waals surface area contributed by atoms with Crippen LogP contribution in [0, 0.1) is 12.8 Å². The number of nitrogens with two attached hydrogens (primary N) is 1. The second-order valence-corrected chi connectivity index (χ2v) is 7.43. The Bertz CT molecular complexity index is 1110. The topological polar surface area (TPSA) is 114 Å². The molecule has 154 valence electrons. The van der Waals surface area contributed by atoms with Gasteiger partial charge < -0.3 is 20.5 Å². The summed E-state index contributed by atoms with van der Waals surface area (Å²) in [5, 5.41) is 7.55. The molecule has 2 amide bonds. The minimum absolute atomic E-state index is 0.0288. The quantitative estimate of drug-likeness (QED) is 0.645. The summed E-state index contributed by atoms with van der Waals surface area (Å²) in [5.74, 6) is 0.00112. The number of aromatic nitrogens is 2. The number of carbonyl (C=O) groups is 2. The molecule has 3 heterocycles. The fraction of sp³-hybridized carbons (Fsp3) is 0.273. The molecule has 3 aromatic rings. The molecule has 0 bridgehead atoms. The molecule has 4 rings (SSSR count). The molecule has 1 fully saturated rings. The van der Waals surface area contributed by atoms with Crippen molar-refractivity contribution in [2.75, 3.05) is 24.1 Å². The summed E-state index contributed by atoms with van der Waals surface area (Å²) in [7, 11) is 0. The van der Waals surface area contributed by atoms with E-state index >= 15 is 0 Å². The smallest absolute Gasteiger partial charge is 0.245 e. The van der Waals surface area contributed by atoms with Crippen molar-refractivity contribution >= 4 is 34.4 Å². The van der Waals surface area contributed by atoms with E-state index in [1.165, 1.54) is 6.08 Å². The van der Waals surface area contributed by atoms with E-state index in [1.54, 1.807) is 4.90 Å². The Morgan fingerprint density at radius 3 is 2.63 bits per heavy atom. The van der Waals surface area contributed by atoms with Crippen LogP contribution in [0.15, 0.2) is 47.5 Å². The van der Waals surface area contributed by atoms with Gasteiger partial charge >= 0.3 is 0 Å². The number of carbonyl (C=O) groups excluding carboxylic acids is 2. The fourth-order valence-corrected chi connectivity index (χ4v) is 3.80. The van der Waals surface area contributed by atoms with Gasteiger partial charge in [0.1, 0.15) is 0 Å². The van der Waals surface area contributed by atoms with Crippen LogP contribution in [0.25, 0.3) is 22.2 Å². The number of aryl methyl sites for hydroxylation is 1. The Labute approximate surface area is 173 Å². The maximum atomic E-state index is 12.6. The van der Waals surface area contributed by atoms with Crippen LogP contribution in [-0.4, -0.2) is 39.9 Å². The minimum Gasteiger partial charge on any atom is -0.367 e. The Hall–Kier alpha value is -3.68. The summed E-state index contributed by atoms with van der Waals surface area (Å²) >= 11 is 0. The first-order valence-corrected chi connectivity index (χ1v) is 9.81. The highest BCUT2D eigenvalue weighted by atomic mass is 16.5. The zero-order valence-corrected chi connectivity index (χ0v) is 16.7. The molecule has 1 saturated heterocycles. The van der Waals surface area contributed by atoms with Crippen LogP contribution in [0.1, 0.15) is 18.5 Å². The second kappa shape index (κ2) is 7.98. The van der Waals surface area contributed by atoms with Crippen LogP contribution in [0.5, 0.6) is 0 Å². The molecule has 0 radical (unpaired) electrons. The average Bonchev–Trinajstić information content (AvgIpc) is 3.13. The Kier molecular flexibility index (Phi) is 5.22. The molecule has 2 aromatic heterocycles. The normalized spacial score (nSPS) is 14.6. The van der Waals surface area contributed by atoms with Gasteiger partial charge in [0.15, 0.2) is 0 Å². The maximum Gasteiger partial charge on any atom is 0.245 e. The first-order chi connectivity index (χ1) is 14.5. The zero-order valence-electron chi connectivity index (χ0n) is 16.7. The van der Waals surface area contributed by atoms with Crippen LogP contribution >= 0.6 is 0 Å². The van der Waals surface area contributed by atoms with Gasteiger partial charge in [-0.25, -0.2) is 4.98 Å². The lowest BCUT2D eigenvalue weighted by molar-refractivity contribution is -0.130. The van der Waals surface area contributed by atoms with Crippen molar-refractivity contribution in [2.24, 2.45) is 5.92 Å².